The highest BCUT2D eigenvalue weighted by molar-refractivity contribution is 7.91. The molecule has 1 aromatic heterocycles. The van der Waals surface area contributed by atoms with Crippen LogP contribution >= 0.6 is 11.6 Å². The molecule has 0 aliphatic carbocycles. The fraction of sp³-hybridized carbons (Fsp3) is 0.143. The lowest BCUT2D eigenvalue weighted by Gasteiger charge is -2.07. The van der Waals surface area contributed by atoms with Gasteiger partial charge in [0.2, 0.25) is 0 Å². The standard InChI is InChI=1S/C7H8ClN3O4S/c1-15-7(12)11-16(13,14)10-6-4-5(8)2-3-9-6/h2-4H,1H3,(H,9,10)(H,11,12). The second kappa shape index (κ2) is 4.99. The van der Waals surface area contributed by atoms with Crippen molar-refractivity contribution < 1.29 is 17.9 Å². The smallest absolute Gasteiger partial charge is 0.422 e. The van der Waals surface area contributed by atoms with E-state index in [9.17, 15) is 13.2 Å². The number of halogens is 1. The monoisotopic (exact) mass is 265 g/mol. The zero-order valence-corrected chi connectivity index (χ0v) is 9.67. The van der Waals surface area contributed by atoms with Crippen molar-refractivity contribution in [1.29, 1.82) is 0 Å². The molecule has 0 spiro atoms. The molecule has 0 aliphatic rings. The van der Waals surface area contributed by atoms with Gasteiger partial charge in [0, 0.05) is 17.3 Å². The average molecular weight is 266 g/mol. The number of methoxy groups -OCH3 is 1. The maximum atomic E-state index is 11.3. The van der Waals surface area contributed by atoms with Crippen LogP contribution in [0.15, 0.2) is 18.3 Å². The van der Waals surface area contributed by atoms with Crippen molar-refractivity contribution in [2.45, 2.75) is 0 Å². The Morgan fingerprint density at radius 1 is 1.56 bits per heavy atom. The number of anilines is 1. The van der Waals surface area contributed by atoms with E-state index >= 15 is 0 Å². The van der Waals surface area contributed by atoms with Crippen LogP contribution < -0.4 is 9.44 Å². The summed E-state index contributed by atoms with van der Waals surface area (Å²) in [5.74, 6) is -0.0103. The summed E-state index contributed by atoms with van der Waals surface area (Å²) in [5, 5.41) is 0.311. The normalized spacial score (nSPS) is 10.6. The molecule has 1 amide bonds. The lowest BCUT2D eigenvalue weighted by atomic mass is 10.5. The van der Waals surface area contributed by atoms with Crippen molar-refractivity contribution in [3.8, 4) is 0 Å². The number of pyridine rings is 1. The Morgan fingerprint density at radius 2 is 2.25 bits per heavy atom. The largest absolute Gasteiger partial charge is 0.452 e. The molecule has 0 atom stereocenters. The number of hydrogen-bond acceptors (Lipinski definition) is 5. The Labute approximate surface area is 97.0 Å². The SMILES string of the molecule is COC(=O)NS(=O)(=O)Nc1cc(Cl)ccn1. The number of amides is 1. The van der Waals surface area contributed by atoms with Gasteiger partial charge in [0.05, 0.1) is 7.11 Å². The molecule has 0 aromatic carbocycles. The van der Waals surface area contributed by atoms with Gasteiger partial charge in [-0.25, -0.2) is 14.5 Å². The predicted octanol–water partition coefficient (Wildman–Crippen LogP) is 0.748. The highest BCUT2D eigenvalue weighted by atomic mass is 35.5. The van der Waals surface area contributed by atoms with Crippen LogP contribution in [0.2, 0.25) is 5.02 Å². The van der Waals surface area contributed by atoms with Gasteiger partial charge in [-0.2, -0.15) is 8.42 Å². The summed E-state index contributed by atoms with van der Waals surface area (Å²) in [6, 6.07) is 2.77. The Kier molecular flexibility index (Phi) is 3.91. The van der Waals surface area contributed by atoms with Gasteiger partial charge in [0.25, 0.3) is 0 Å². The highest BCUT2D eigenvalue weighted by Gasteiger charge is 2.14. The number of rotatable bonds is 3. The summed E-state index contributed by atoms with van der Waals surface area (Å²) in [7, 11) is -3.01. The average Bonchev–Trinajstić information content (AvgIpc) is 2.15. The molecule has 1 heterocycles. The van der Waals surface area contributed by atoms with E-state index < -0.39 is 16.3 Å². The molecule has 0 saturated heterocycles. The van der Waals surface area contributed by atoms with E-state index in [1.54, 1.807) is 4.72 Å². The summed E-state index contributed by atoms with van der Waals surface area (Å²) in [4.78, 5) is 14.4. The molecule has 7 nitrogen and oxygen atoms in total. The summed E-state index contributed by atoms with van der Waals surface area (Å²) >= 11 is 5.62. The minimum Gasteiger partial charge on any atom is -0.452 e. The molecular weight excluding hydrogens is 258 g/mol. The van der Waals surface area contributed by atoms with Gasteiger partial charge < -0.3 is 4.74 Å². The first-order chi connectivity index (χ1) is 7.43. The van der Waals surface area contributed by atoms with Crippen molar-refractivity contribution in [3.63, 3.8) is 0 Å². The van der Waals surface area contributed by atoms with Crippen LogP contribution in [0.1, 0.15) is 0 Å². The number of aromatic nitrogens is 1. The van der Waals surface area contributed by atoms with Crippen LogP contribution in [-0.4, -0.2) is 26.6 Å². The molecule has 88 valence electrons. The molecule has 9 heteroatoms. The molecule has 0 saturated carbocycles. The maximum absolute atomic E-state index is 11.3. The first-order valence-electron chi connectivity index (χ1n) is 3.93. The Bertz CT molecular complexity index is 490. The van der Waals surface area contributed by atoms with Gasteiger partial charge in [-0.05, 0) is 6.07 Å². The van der Waals surface area contributed by atoms with Gasteiger partial charge in [0.1, 0.15) is 5.82 Å². The van der Waals surface area contributed by atoms with Crippen molar-refractivity contribution in [1.82, 2.24) is 9.71 Å². The second-order valence-electron chi connectivity index (χ2n) is 2.56. The molecule has 0 bridgehead atoms. The van der Waals surface area contributed by atoms with Crippen LogP contribution in [-0.2, 0) is 14.9 Å². The third kappa shape index (κ3) is 3.91. The van der Waals surface area contributed by atoms with Crippen molar-refractivity contribution in [2.75, 3.05) is 11.8 Å². The molecule has 1 aromatic rings. The van der Waals surface area contributed by atoms with Crippen molar-refractivity contribution in [2.24, 2.45) is 0 Å². The fourth-order valence-corrected chi connectivity index (χ4v) is 1.68. The molecule has 0 radical (unpaired) electrons. The number of hydrogen-bond donors (Lipinski definition) is 2. The number of nitrogens with zero attached hydrogens (tertiary/aromatic N) is 1. The zero-order chi connectivity index (χ0) is 12.2. The fourth-order valence-electron chi connectivity index (χ4n) is 0.775. The topological polar surface area (TPSA) is 97.4 Å². The number of carbonyl (C=O) groups is 1. The summed E-state index contributed by atoms with van der Waals surface area (Å²) in [5.41, 5.74) is 0. The van der Waals surface area contributed by atoms with E-state index in [1.165, 1.54) is 18.3 Å². The number of nitrogens with one attached hydrogen (secondary N) is 2. The van der Waals surface area contributed by atoms with E-state index in [-0.39, 0.29) is 5.82 Å². The van der Waals surface area contributed by atoms with Gasteiger partial charge in [-0.1, -0.05) is 11.6 Å². The Balaban J connectivity index is 2.77. The lowest BCUT2D eigenvalue weighted by molar-refractivity contribution is 0.177. The van der Waals surface area contributed by atoms with E-state index in [0.717, 1.165) is 7.11 Å². The van der Waals surface area contributed by atoms with Crippen LogP contribution in [0.3, 0.4) is 0 Å². The summed E-state index contributed by atoms with van der Waals surface area (Å²) in [6.07, 6.45) is 0.215. The Morgan fingerprint density at radius 3 is 2.81 bits per heavy atom. The van der Waals surface area contributed by atoms with Crippen molar-refractivity contribution >= 4 is 33.7 Å². The minimum atomic E-state index is -4.06. The van der Waals surface area contributed by atoms with Gasteiger partial charge in [0.15, 0.2) is 0 Å². The quantitative estimate of drug-likeness (QED) is 0.840. The van der Waals surface area contributed by atoms with Gasteiger partial charge in [-0.15, -0.1) is 0 Å². The minimum absolute atomic E-state index is 0.0103. The molecule has 0 fully saturated rings. The molecule has 16 heavy (non-hydrogen) atoms. The molecule has 1 rings (SSSR count). The third-order valence-electron chi connectivity index (χ3n) is 1.36. The van der Waals surface area contributed by atoms with Gasteiger partial charge in [-0.3, -0.25) is 4.72 Å². The maximum Gasteiger partial charge on any atom is 0.422 e. The van der Waals surface area contributed by atoms with Crippen LogP contribution in [0.25, 0.3) is 0 Å². The lowest BCUT2D eigenvalue weighted by Crippen LogP contribution is -2.35. The van der Waals surface area contributed by atoms with E-state index in [4.69, 9.17) is 11.6 Å². The Hall–Kier alpha value is -1.54. The van der Waals surface area contributed by atoms with Crippen LogP contribution in [0, 0.1) is 0 Å². The third-order valence-corrected chi connectivity index (χ3v) is 2.51. The van der Waals surface area contributed by atoms with E-state index in [1.807, 2.05) is 4.72 Å². The zero-order valence-electron chi connectivity index (χ0n) is 8.10. The molecule has 2 N–H and O–H groups in total. The van der Waals surface area contributed by atoms with E-state index in [0.29, 0.717) is 5.02 Å². The summed E-state index contributed by atoms with van der Waals surface area (Å²) in [6.45, 7) is 0. The molecular formula is C7H8ClN3O4S. The van der Waals surface area contributed by atoms with Crippen molar-refractivity contribution in [3.05, 3.63) is 23.4 Å². The molecule has 0 unspecified atom stereocenters. The van der Waals surface area contributed by atoms with Gasteiger partial charge >= 0.3 is 16.3 Å². The first kappa shape index (κ1) is 12.5. The van der Waals surface area contributed by atoms with Crippen LogP contribution in [0.5, 0.6) is 0 Å². The number of carbonyl (C=O) groups excluding carboxylic acids is 1. The van der Waals surface area contributed by atoms with E-state index in [2.05, 4.69) is 9.72 Å². The molecule has 0 aliphatic heterocycles. The summed E-state index contributed by atoms with van der Waals surface area (Å²) < 4.78 is 30.3. The van der Waals surface area contributed by atoms with Crippen LogP contribution in [0.4, 0.5) is 10.6 Å². The first-order valence-corrected chi connectivity index (χ1v) is 5.79. The second-order valence-corrected chi connectivity index (χ2v) is 4.41. The predicted molar refractivity (Wildman–Crippen MR) is 57.3 cm³/mol. The number of ether oxygens (including phenoxy) is 1. The highest BCUT2D eigenvalue weighted by Crippen LogP contribution is 2.12.